The Morgan fingerprint density at radius 2 is 1.85 bits per heavy atom. The van der Waals surface area contributed by atoms with Gasteiger partial charge in [-0.25, -0.2) is 0 Å². The fraction of sp³-hybridized carbons (Fsp3) is 0.412. The molecule has 1 heterocycles. The lowest BCUT2D eigenvalue weighted by Crippen LogP contribution is -2.30. The van der Waals surface area contributed by atoms with Crippen molar-refractivity contribution in [2.75, 3.05) is 20.6 Å². The van der Waals surface area contributed by atoms with E-state index >= 15 is 0 Å². The number of hydrogen-bond acceptors (Lipinski definition) is 3. The van der Waals surface area contributed by atoms with Gasteiger partial charge in [0.2, 0.25) is 0 Å². The molecule has 1 aromatic carbocycles. The molecule has 1 N–H and O–H groups in total. The summed E-state index contributed by atoms with van der Waals surface area (Å²) in [6.07, 6.45) is 1.10. The Balaban J connectivity index is 1.94. The van der Waals surface area contributed by atoms with Gasteiger partial charge in [-0.1, -0.05) is 37.3 Å². The summed E-state index contributed by atoms with van der Waals surface area (Å²) in [5, 5.41) is 5.76. The highest BCUT2D eigenvalue weighted by atomic mass is 32.1. The van der Waals surface area contributed by atoms with Crippen LogP contribution in [0.2, 0.25) is 0 Å². The molecule has 3 heteroatoms. The lowest BCUT2D eigenvalue weighted by atomic mass is 10.1. The van der Waals surface area contributed by atoms with Crippen LogP contribution in [-0.4, -0.2) is 25.5 Å². The van der Waals surface area contributed by atoms with E-state index in [4.69, 9.17) is 0 Å². The number of aryl methyl sites for hydroxylation is 1. The van der Waals surface area contributed by atoms with Crippen LogP contribution in [0, 0.1) is 0 Å². The first kappa shape index (κ1) is 15.2. The minimum absolute atomic E-state index is 0.448. The molecule has 108 valence electrons. The molecule has 0 aliphatic rings. The molecule has 2 nitrogen and oxygen atoms in total. The van der Waals surface area contributed by atoms with Crippen molar-refractivity contribution in [3.05, 3.63) is 57.8 Å². The lowest BCUT2D eigenvalue weighted by molar-refractivity contribution is 0.292. The van der Waals surface area contributed by atoms with Gasteiger partial charge >= 0.3 is 0 Å². The van der Waals surface area contributed by atoms with Crippen LogP contribution in [0.5, 0.6) is 0 Å². The topological polar surface area (TPSA) is 15.3 Å². The average molecular weight is 288 g/mol. The first-order valence-electron chi connectivity index (χ1n) is 7.19. The van der Waals surface area contributed by atoms with Crippen molar-refractivity contribution in [2.24, 2.45) is 0 Å². The second kappa shape index (κ2) is 7.58. The smallest absolute Gasteiger partial charge is 0.0561 e. The zero-order chi connectivity index (χ0) is 14.4. The standard InChI is InChI=1S/C17H24N2S/c1-4-14-8-5-6-9-15(14)12-18-13-16(19(2)3)17-10-7-11-20-17/h5-11,16,18H,4,12-13H2,1-3H3. The van der Waals surface area contributed by atoms with E-state index in [1.165, 1.54) is 16.0 Å². The monoisotopic (exact) mass is 288 g/mol. The quantitative estimate of drug-likeness (QED) is 0.835. The molecule has 20 heavy (non-hydrogen) atoms. The molecular weight excluding hydrogens is 264 g/mol. The largest absolute Gasteiger partial charge is 0.311 e. The summed E-state index contributed by atoms with van der Waals surface area (Å²) in [6, 6.07) is 13.5. The normalized spacial score (nSPS) is 12.8. The second-order valence-corrected chi connectivity index (χ2v) is 6.23. The van der Waals surface area contributed by atoms with E-state index in [-0.39, 0.29) is 0 Å². The van der Waals surface area contributed by atoms with Gasteiger partial charge < -0.3 is 10.2 Å². The Bertz CT molecular complexity index is 505. The molecule has 0 amide bonds. The minimum Gasteiger partial charge on any atom is -0.311 e. The number of thiophene rings is 1. The van der Waals surface area contributed by atoms with Crippen LogP contribution in [0.1, 0.15) is 29.0 Å². The molecular formula is C17H24N2S. The SMILES string of the molecule is CCc1ccccc1CNCC(c1cccs1)N(C)C. The van der Waals surface area contributed by atoms with Crippen LogP contribution in [0.4, 0.5) is 0 Å². The molecule has 0 spiro atoms. The fourth-order valence-electron chi connectivity index (χ4n) is 2.44. The number of nitrogens with one attached hydrogen (secondary N) is 1. The van der Waals surface area contributed by atoms with Crippen LogP contribution >= 0.6 is 11.3 Å². The van der Waals surface area contributed by atoms with Crippen LogP contribution in [-0.2, 0) is 13.0 Å². The highest BCUT2D eigenvalue weighted by Gasteiger charge is 2.14. The summed E-state index contributed by atoms with van der Waals surface area (Å²) in [7, 11) is 4.29. The van der Waals surface area contributed by atoms with E-state index in [0.717, 1.165) is 19.5 Å². The number of likely N-dealkylation sites (N-methyl/N-ethyl adjacent to an activating group) is 1. The number of rotatable bonds is 7. The molecule has 0 bridgehead atoms. The number of nitrogens with zero attached hydrogens (tertiary/aromatic N) is 1. The van der Waals surface area contributed by atoms with Crippen molar-refractivity contribution < 1.29 is 0 Å². The van der Waals surface area contributed by atoms with Gasteiger partial charge in [0.05, 0.1) is 6.04 Å². The van der Waals surface area contributed by atoms with Crippen LogP contribution < -0.4 is 5.32 Å². The summed E-state index contributed by atoms with van der Waals surface area (Å²) >= 11 is 1.83. The van der Waals surface area contributed by atoms with Crippen molar-refractivity contribution in [3.8, 4) is 0 Å². The van der Waals surface area contributed by atoms with E-state index in [0.29, 0.717) is 6.04 Å². The molecule has 0 fully saturated rings. The maximum atomic E-state index is 3.61. The Labute approximate surface area is 126 Å². The third kappa shape index (κ3) is 3.92. The molecule has 2 rings (SSSR count). The molecule has 0 saturated carbocycles. The molecule has 0 saturated heterocycles. The van der Waals surface area contributed by atoms with Gasteiger partial charge in [-0.05, 0) is 43.1 Å². The van der Waals surface area contributed by atoms with Gasteiger partial charge in [-0.15, -0.1) is 11.3 Å². The molecule has 0 aliphatic carbocycles. The van der Waals surface area contributed by atoms with E-state index in [1.807, 2.05) is 11.3 Å². The molecule has 0 aliphatic heterocycles. The van der Waals surface area contributed by atoms with Crippen molar-refractivity contribution in [1.82, 2.24) is 10.2 Å². The van der Waals surface area contributed by atoms with Gasteiger partial charge in [-0.3, -0.25) is 0 Å². The summed E-state index contributed by atoms with van der Waals surface area (Å²) in [4.78, 5) is 3.70. The Kier molecular flexibility index (Phi) is 5.77. The minimum atomic E-state index is 0.448. The molecule has 2 aromatic rings. The molecule has 1 atom stereocenters. The third-order valence-electron chi connectivity index (χ3n) is 3.65. The third-order valence-corrected chi connectivity index (χ3v) is 4.62. The van der Waals surface area contributed by atoms with Crippen molar-refractivity contribution in [1.29, 1.82) is 0 Å². The van der Waals surface area contributed by atoms with Crippen LogP contribution in [0.3, 0.4) is 0 Å². The molecule has 1 aromatic heterocycles. The average Bonchev–Trinajstić information content (AvgIpc) is 2.97. The predicted molar refractivity (Wildman–Crippen MR) is 88.3 cm³/mol. The van der Waals surface area contributed by atoms with Crippen molar-refractivity contribution >= 4 is 11.3 Å². The summed E-state index contributed by atoms with van der Waals surface area (Å²) in [5.41, 5.74) is 2.86. The highest BCUT2D eigenvalue weighted by Crippen LogP contribution is 2.22. The fourth-order valence-corrected chi connectivity index (χ4v) is 3.36. The van der Waals surface area contributed by atoms with E-state index in [2.05, 4.69) is 73.0 Å². The first-order chi connectivity index (χ1) is 9.72. The maximum Gasteiger partial charge on any atom is 0.0561 e. The zero-order valence-electron chi connectivity index (χ0n) is 12.6. The Hall–Kier alpha value is -1.16. The number of hydrogen-bond donors (Lipinski definition) is 1. The van der Waals surface area contributed by atoms with Gasteiger partial charge in [0.1, 0.15) is 0 Å². The van der Waals surface area contributed by atoms with Crippen molar-refractivity contribution in [2.45, 2.75) is 25.9 Å². The van der Waals surface area contributed by atoms with Gasteiger partial charge in [0.15, 0.2) is 0 Å². The summed E-state index contributed by atoms with van der Waals surface area (Å²) in [6.45, 7) is 4.14. The van der Waals surface area contributed by atoms with E-state index in [1.54, 1.807) is 0 Å². The molecule has 0 radical (unpaired) electrons. The van der Waals surface area contributed by atoms with Gasteiger partial charge in [0.25, 0.3) is 0 Å². The lowest BCUT2D eigenvalue weighted by Gasteiger charge is -2.24. The van der Waals surface area contributed by atoms with Crippen molar-refractivity contribution in [3.63, 3.8) is 0 Å². The summed E-state index contributed by atoms with van der Waals surface area (Å²) < 4.78 is 0. The van der Waals surface area contributed by atoms with Crippen LogP contribution in [0.15, 0.2) is 41.8 Å². The Morgan fingerprint density at radius 1 is 1.10 bits per heavy atom. The molecule has 1 unspecified atom stereocenters. The van der Waals surface area contributed by atoms with Gasteiger partial charge in [0, 0.05) is 18.0 Å². The second-order valence-electron chi connectivity index (χ2n) is 5.25. The number of benzene rings is 1. The van der Waals surface area contributed by atoms with Gasteiger partial charge in [-0.2, -0.15) is 0 Å². The van der Waals surface area contributed by atoms with E-state index in [9.17, 15) is 0 Å². The highest BCUT2D eigenvalue weighted by molar-refractivity contribution is 7.10. The summed E-state index contributed by atoms with van der Waals surface area (Å²) in [5.74, 6) is 0. The van der Waals surface area contributed by atoms with E-state index < -0.39 is 0 Å². The zero-order valence-corrected chi connectivity index (χ0v) is 13.4. The predicted octanol–water partition coefficient (Wildman–Crippen LogP) is 3.70. The van der Waals surface area contributed by atoms with Crippen LogP contribution in [0.25, 0.3) is 0 Å². The first-order valence-corrected chi connectivity index (χ1v) is 8.07. The maximum absolute atomic E-state index is 3.61. The Morgan fingerprint density at radius 3 is 2.45 bits per heavy atom.